The number of hydrogen-bond donors (Lipinski definition) is 1. The number of benzene rings is 2. The highest BCUT2D eigenvalue weighted by molar-refractivity contribution is 5.68. The van der Waals surface area contributed by atoms with Gasteiger partial charge in [-0.05, 0) is 28.8 Å². The predicted molar refractivity (Wildman–Crippen MR) is 74.3 cm³/mol. The van der Waals surface area contributed by atoms with E-state index < -0.39 is 5.97 Å². The Morgan fingerprint density at radius 2 is 1.60 bits per heavy atom. The van der Waals surface area contributed by atoms with Crippen LogP contribution in [0.5, 0.6) is 5.75 Å². The fourth-order valence-electron chi connectivity index (χ4n) is 1.80. The molecule has 4 nitrogen and oxygen atoms in total. The molecule has 0 aliphatic rings. The van der Waals surface area contributed by atoms with Crippen LogP contribution in [0.3, 0.4) is 0 Å². The lowest BCUT2D eigenvalue weighted by molar-refractivity contribution is -0.139. The van der Waals surface area contributed by atoms with Crippen molar-refractivity contribution in [2.24, 2.45) is 0 Å². The number of nitriles is 1. The molecule has 0 saturated carbocycles. The van der Waals surface area contributed by atoms with Crippen LogP contribution in [0.15, 0.2) is 48.5 Å². The Labute approximate surface area is 116 Å². The number of hydrogen-bond acceptors (Lipinski definition) is 3. The van der Waals surface area contributed by atoms with E-state index in [1.54, 1.807) is 12.1 Å². The minimum absolute atomic E-state index is 0.345. The third-order valence-electron chi connectivity index (χ3n) is 2.79. The van der Waals surface area contributed by atoms with Crippen LogP contribution in [0.25, 0.3) is 11.1 Å². The summed E-state index contributed by atoms with van der Waals surface area (Å²) in [6.07, 6.45) is 0.405. The first-order valence-electron chi connectivity index (χ1n) is 6.10. The van der Waals surface area contributed by atoms with Crippen molar-refractivity contribution >= 4 is 5.97 Å². The van der Waals surface area contributed by atoms with Gasteiger partial charge in [-0.25, -0.2) is 4.79 Å². The Morgan fingerprint density at radius 3 is 2.10 bits per heavy atom. The van der Waals surface area contributed by atoms with Crippen molar-refractivity contribution in [3.8, 4) is 22.9 Å². The second-order valence-electron chi connectivity index (χ2n) is 4.24. The van der Waals surface area contributed by atoms with Gasteiger partial charge in [0.15, 0.2) is 6.61 Å². The average Bonchev–Trinajstić information content (AvgIpc) is 2.47. The molecule has 20 heavy (non-hydrogen) atoms. The smallest absolute Gasteiger partial charge is 0.341 e. The van der Waals surface area contributed by atoms with E-state index in [9.17, 15) is 4.79 Å². The van der Waals surface area contributed by atoms with Crippen LogP contribution in [0.1, 0.15) is 5.56 Å². The second kappa shape index (κ2) is 6.39. The van der Waals surface area contributed by atoms with E-state index in [-0.39, 0.29) is 6.61 Å². The molecule has 0 saturated heterocycles. The minimum atomic E-state index is -0.998. The molecule has 100 valence electrons. The summed E-state index contributed by atoms with van der Waals surface area (Å²) in [5.74, 6) is -0.473. The Kier molecular flexibility index (Phi) is 4.35. The van der Waals surface area contributed by atoms with Gasteiger partial charge in [0.1, 0.15) is 5.75 Å². The minimum Gasteiger partial charge on any atom is -0.482 e. The summed E-state index contributed by atoms with van der Waals surface area (Å²) in [7, 11) is 0. The van der Waals surface area contributed by atoms with Crippen molar-refractivity contribution in [1.82, 2.24) is 0 Å². The highest BCUT2D eigenvalue weighted by Gasteiger charge is 2.01. The van der Waals surface area contributed by atoms with E-state index in [2.05, 4.69) is 6.07 Å². The highest BCUT2D eigenvalue weighted by atomic mass is 16.5. The van der Waals surface area contributed by atoms with E-state index >= 15 is 0 Å². The molecule has 0 radical (unpaired) electrons. The number of ether oxygens (including phenoxy) is 1. The largest absolute Gasteiger partial charge is 0.482 e. The molecule has 0 bridgehead atoms. The van der Waals surface area contributed by atoms with Crippen molar-refractivity contribution in [2.75, 3.05) is 6.61 Å². The third-order valence-corrected chi connectivity index (χ3v) is 2.79. The first-order valence-corrected chi connectivity index (χ1v) is 6.10. The summed E-state index contributed by atoms with van der Waals surface area (Å²) in [5, 5.41) is 17.1. The van der Waals surface area contributed by atoms with Gasteiger partial charge in [-0.2, -0.15) is 5.26 Å². The van der Waals surface area contributed by atoms with Gasteiger partial charge < -0.3 is 9.84 Å². The molecule has 0 unspecified atom stereocenters. The number of rotatable bonds is 5. The first kappa shape index (κ1) is 13.6. The van der Waals surface area contributed by atoms with E-state index in [0.29, 0.717) is 12.2 Å². The van der Waals surface area contributed by atoms with Crippen molar-refractivity contribution in [2.45, 2.75) is 6.42 Å². The lowest BCUT2D eigenvalue weighted by Crippen LogP contribution is -2.09. The zero-order valence-electron chi connectivity index (χ0n) is 10.7. The van der Waals surface area contributed by atoms with Gasteiger partial charge in [0.05, 0.1) is 12.5 Å². The van der Waals surface area contributed by atoms with E-state index in [1.165, 1.54) is 0 Å². The van der Waals surface area contributed by atoms with Gasteiger partial charge >= 0.3 is 5.97 Å². The van der Waals surface area contributed by atoms with Crippen LogP contribution >= 0.6 is 0 Å². The summed E-state index contributed by atoms with van der Waals surface area (Å²) < 4.78 is 5.07. The molecular weight excluding hydrogens is 254 g/mol. The van der Waals surface area contributed by atoms with Crippen molar-refractivity contribution in [3.05, 3.63) is 54.1 Å². The molecule has 2 aromatic rings. The molecule has 0 heterocycles. The van der Waals surface area contributed by atoms with E-state index in [0.717, 1.165) is 16.7 Å². The van der Waals surface area contributed by atoms with Gasteiger partial charge in [-0.1, -0.05) is 36.4 Å². The topological polar surface area (TPSA) is 70.3 Å². The summed E-state index contributed by atoms with van der Waals surface area (Å²) in [6, 6.07) is 17.1. The number of carboxylic acid groups (broad SMARTS) is 1. The molecule has 0 aliphatic carbocycles. The Balaban J connectivity index is 2.09. The highest BCUT2D eigenvalue weighted by Crippen LogP contribution is 2.22. The maximum atomic E-state index is 10.4. The molecular formula is C16H13NO3. The maximum Gasteiger partial charge on any atom is 0.341 e. The normalized spacial score (nSPS) is 9.75. The second-order valence-corrected chi connectivity index (χ2v) is 4.24. The zero-order valence-corrected chi connectivity index (χ0v) is 10.7. The van der Waals surface area contributed by atoms with Gasteiger partial charge in [0.2, 0.25) is 0 Å². The Morgan fingerprint density at radius 1 is 1.05 bits per heavy atom. The van der Waals surface area contributed by atoms with Gasteiger partial charge in [-0.15, -0.1) is 0 Å². The average molecular weight is 267 g/mol. The fourth-order valence-corrected chi connectivity index (χ4v) is 1.80. The predicted octanol–water partition coefficient (Wildman–Crippen LogP) is 2.88. The Hall–Kier alpha value is -2.80. The van der Waals surface area contributed by atoms with Crippen molar-refractivity contribution in [3.63, 3.8) is 0 Å². The number of nitrogens with zero attached hydrogens (tertiary/aromatic N) is 1. The number of carbonyl (C=O) groups is 1. The van der Waals surface area contributed by atoms with Gasteiger partial charge in [0, 0.05) is 0 Å². The quantitative estimate of drug-likeness (QED) is 0.904. The standard InChI is InChI=1S/C16H13NO3/c17-10-9-12-1-3-13(4-2-12)14-5-7-15(8-6-14)20-11-16(18)19/h1-8H,9,11H2,(H,18,19). The van der Waals surface area contributed by atoms with Crippen LogP contribution in [0.4, 0.5) is 0 Å². The lowest BCUT2D eigenvalue weighted by Gasteiger charge is -2.06. The number of carboxylic acids is 1. The van der Waals surface area contributed by atoms with Crippen LogP contribution in [0.2, 0.25) is 0 Å². The molecule has 0 atom stereocenters. The third kappa shape index (κ3) is 3.59. The van der Waals surface area contributed by atoms with E-state index in [4.69, 9.17) is 15.1 Å². The summed E-state index contributed by atoms with van der Waals surface area (Å²) in [4.78, 5) is 10.4. The first-order chi connectivity index (χ1) is 9.69. The summed E-state index contributed by atoms with van der Waals surface area (Å²) >= 11 is 0. The van der Waals surface area contributed by atoms with Crippen LogP contribution in [-0.2, 0) is 11.2 Å². The van der Waals surface area contributed by atoms with Gasteiger partial charge in [0.25, 0.3) is 0 Å². The van der Waals surface area contributed by atoms with Crippen molar-refractivity contribution < 1.29 is 14.6 Å². The van der Waals surface area contributed by atoms with Crippen molar-refractivity contribution in [1.29, 1.82) is 5.26 Å². The van der Waals surface area contributed by atoms with Crippen LogP contribution in [0, 0.1) is 11.3 Å². The van der Waals surface area contributed by atoms with Crippen LogP contribution < -0.4 is 4.74 Å². The molecule has 0 spiro atoms. The summed E-state index contributed by atoms with van der Waals surface area (Å²) in [5.41, 5.74) is 3.03. The van der Waals surface area contributed by atoms with Gasteiger partial charge in [-0.3, -0.25) is 0 Å². The van der Waals surface area contributed by atoms with Crippen LogP contribution in [-0.4, -0.2) is 17.7 Å². The molecule has 2 aromatic carbocycles. The van der Waals surface area contributed by atoms with E-state index in [1.807, 2.05) is 36.4 Å². The molecule has 2 rings (SSSR count). The SMILES string of the molecule is N#CCc1ccc(-c2ccc(OCC(=O)O)cc2)cc1. The fraction of sp³-hybridized carbons (Fsp3) is 0.125. The Bertz CT molecular complexity index is 624. The lowest BCUT2D eigenvalue weighted by atomic mass is 10.0. The maximum absolute atomic E-state index is 10.4. The molecule has 1 N–H and O–H groups in total. The molecule has 0 aliphatic heterocycles. The monoisotopic (exact) mass is 267 g/mol. The summed E-state index contributed by atoms with van der Waals surface area (Å²) in [6.45, 7) is -0.345. The zero-order chi connectivity index (χ0) is 14.4. The molecule has 0 fully saturated rings. The molecule has 0 aromatic heterocycles. The number of aliphatic carboxylic acids is 1. The molecule has 0 amide bonds. The molecule has 4 heteroatoms.